The van der Waals surface area contributed by atoms with Gasteiger partial charge in [0.1, 0.15) is 9.26 Å². The quantitative estimate of drug-likeness (QED) is 0.366. The lowest BCUT2D eigenvalue weighted by atomic mass is 10.2. The Morgan fingerprint density at radius 2 is 2.06 bits per heavy atom. The minimum absolute atomic E-state index is 0.132. The second-order valence-corrected chi connectivity index (χ2v) is 5.37. The van der Waals surface area contributed by atoms with Crippen molar-refractivity contribution in [2.24, 2.45) is 5.14 Å². The van der Waals surface area contributed by atoms with Crippen LogP contribution in [-0.2, 0) is 10.0 Å². The Hall–Kier alpha value is -0.950. The lowest BCUT2D eigenvalue weighted by Crippen LogP contribution is -2.18. The smallest absolute Gasteiger partial charge is 0.258 e. The Bertz CT molecular complexity index is 577. The van der Waals surface area contributed by atoms with E-state index in [-0.39, 0.29) is 3.70 Å². The van der Waals surface area contributed by atoms with Crippen LogP contribution in [0, 0.1) is 13.8 Å². The molecule has 0 unspecified atom stereocenters. The number of sulfonamides is 1. The molecular formula is C6H4F2IN3O4S. The van der Waals surface area contributed by atoms with Gasteiger partial charge in [-0.2, -0.15) is 0 Å². The molecule has 2 N–H and O–H groups in total. The summed E-state index contributed by atoms with van der Waals surface area (Å²) in [5, 5.41) is 14.1. The van der Waals surface area contributed by atoms with Gasteiger partial charge < -0.3 is 0 Å². The molecule has 0 bridgehead atoms. The van der Waals surface area contributed by atoms with E-state index in [2.05, 4.69) is 4.98 Å². The number of pyridine rings is 1. The number of nitro groups is 1. The average molecular weight is 379 g/mol. The molecule has 1 aromatic heterocycles. The van der Waals surface area contributed by atoms with Gasteiger partial charge in [0.15, 0.2) is 0 Å². The van der Waals surface area contributed by atoms with Crippen molar-refractivity contribution in [2.45, 2.75) is 11.5 Å². The Labute approximate surface area is 107 Å². The topological polar surface area (TPSA) is 116 Å². The van der Waals surface area contributed by atoms with Crippen LogP contribution < -0.4 is 5.14 Å². The minimum Gasteiger partial charge on any atom is -0.258 e. The van der Waals surface area contributed by atoms with Gasteiger partial charge in [0.05, 0.1) is 4.92 Å². The van der Waals surface area contributed by atoms with Gasteiger partial charge in [-0.15, -0.1) is 0 Å². The number of nitrogens with two attached hydrogens (primary N) is 1. The molecule has 1 aromatic rings. The van der Waals surface area contributed by atoms with Crippen LogP contribution in [-0.4, -0.2) is 18.3 Å². The van der Waals surface area contributed by atoms with Crippen molar-refractivity contribution in [1.29, 1.82) is 0 Å². The SMILES string of the molecule is NS(=O)(=O)c1nc(I)cc(C(F)F)c1[N+](=O)[O-]. The highest BCUT2D eigenvalue weighted by Gasteiger charge is 2.33. The molecule has 0 aromatic carbocycles. The molecule has 7 nitrogen and oxygen atoms in total. The summed E-state index contributed by atoms with van der Waals surface area (Å²) in [5.74, 6) is 0. The summed E-state index contributed by atoms with van der Waals surface area (Å²) >= 11 is 1.46. The summed E-state index contributed by atoms with van der Waals surface area (Å²) in [6.45, 7) is 0. The van der Waals surface area contributed by atoms with Gasteiger partial charge in [-0.25, -0.2) is 27.3 Å². The van der Waals surface area contributed by atoms with Crippen LogP contribution >= 0.6 is 22.6 Å². The molecular weight excluding hydrogens is 375 g/mol. The summed E-state index contributed by atoms with van der Waals surface area (Å²) in [6, 6.07) is 0.734. The van der Waals surface area contributed by atoms with E-state index in [4.69, 9.17) is 5.14 Å². The lowest BCUT2D eigenvalue weighted by Gasteiger charge is -2.05. The number of nitrogens with zero attached hydrogens (tertiary/aromatic N) is 2. The molecule has 11 heteroatoms. The first-order valence-corrected chi connectivity index (χ1v) is 6.43. The second-order valence-electron chi connectivity index (χ2n) is 2.79. The van der Waals surface area contributed by atoms with Crippen LogP contribution in [0.1, 0.15) is 12.0 Å². The number of primary sulfonamides is 1. The zero-order chi connectivity index (χ0) is 13.4. The normalized spacial score (nSPS) is 11.8. The Kier molecular flexibility index (Phi) is 3.93. The second kappa shape index (κ2) is 4.73. The first-order valence-electron chi connectivity index (χ1n) is 3.80. The largest absolute Gasteiger partial charge is 0.316 e. The number of aromatic nitrogens is 1. The number of alkyl halides is 2. The third kappa shape index (κ3) is 3.04. The lowest BCUT2D eigenvalue weighted by molar-refractivity contribution is -0.389. The Morgan fingerprint density at radius 1 is 1.53 bits per heavy atom. The molecule has 94 valence electrons. The van der Waals surface area contributed by atoms with Gasteiger partial charge in [0.25, 0.3) is 16.4 Å². The van der Waals surface area contributed by atoms with E-state index >= 15 is 0 Å². The van der Waals surface area contributed by atoms with Gasteiger partial charge >= 0.3 is 5.69 Å². The molecule has 0 saturated carbocycles. The molecule has 0 aliphatic rings. The molecule has 17 heavy (non-hydrogen) atoms. The van der Waals surface area contributed by atoms with Crippen LogP contribution in [0.4, 0.5) is 14.5 Å². The van der Waals surface area contributed by atoms with Crippen molar-refractivity contribution in [3.8, 4) is 0 Å². The summed E-state index contributed by atoms with van der Waals surface area (Å²) in [5.41, 5.74) is -2.32. The van der Waals surface area contributed by atoms with E-state index in [1.54, 1.807) is 0 Å². The summed E-state index contributed by atoms with van der Waals surface area (Å²) in [4.78, 5) is 12.7. The zero-order valence-electron chi connectivity index (χ0n) is 7.80. The maximum absolute atomic E-state index is 12.6. The Morgan fingerprint density at radius 3 is 2.41 bits per heavy atom. The molecule has 0 amide bonds. The highest BCUT2D eigenvalue weighted by atomic mass is 127. The summed E-state index contributed by atoms with van der Waals surface area (Å²) in [6.07, 6.45) is -3.20. The van der Waals surface area contributed by atoms with Crippen molar-refractivity contribution in [3.63, 3.8) is 0 Å². The number of rotatable bonds is 3. The molecule has 1 heterocycles. The van der Waals surface area contributed by atoms with Crippen molar-refractivity contribution >= 4 is 38.3 Å². The fraction of sp³-hybridized carbons (Fsp3) is 0.167. The zero-order valence-corrected chi connectivity index (χ0v) is 10.8. The van der Waals surface area contributed by atoms with Crippen LogP contribution in [0.5, 0.6) is 0 Å². The molecule has 0 atom stereocenters. The number of hydrogen-bond donors (Lipinski definition) is 1. The summed E-state index contributed by atoms with van der Waals surface area (Å²) in [7, 11) is -4.55. The van der Waals surface area contributed by atoms with E-state index in [0.717, 1.165) is 6.07 Å². The fourth-order valence-corrected chi connectivity index (χ4v) is 2.48. The molecule has 1 rings (SSSR count). The predicted molar refractivity (Wildman–Crippen MR) is 59.9 cm³/mol. The number of halogens is 3. The van der Waals surface area contributed by atoms with E-state index in [0.29, 0.717) is 0 Å². The first-order chi connectivity index (χ1) is 7.64. The van der Waals surface area contributed by atoms with E-state index in [1.165, 1.54) is 22.6 Å². The molecule has 0 aliphatic heterocycles. The molecule has 0 fully saturated rings. The van der Waals surface area contributed by atoms with Crippen LogP contribution in [0.2, 0.25) is 0 Å². The van der Waals surface area contributed by atoms with Crippen molar-refractivity contribution in [1.82, 2.24) is 4.98 Å². The van der Waals surface area contributed by atoms with E-state index < -0.39 is 37.6 Å². The molecule has 0 spiro atoms. The van der Waals surface area contributed by atoms with Crippen LogP contribution in [0.25, 0.3) is 0 Å². The standard InChI is InChI=1S/C6H4F2IN3O4S/c7-5(8)2-1-3(9)11-6(17(10,15)16)4(2)12(13)14/h1,5H,(H2,10,15,16). The van der Waals surface area contributed by atoms with Crippen molar-refractivity contribution in [2.75, 3.05) is 0 Å². The number of hydrogen-bond acceptors (Lipinski definition) is 5. The highest BCUT2D eigenvalue weighted by molar-refractivity contribution is 14.1. The molecule has 0 radical (unpaired) electrons. The Balaban J connectivity index is 3.77. The van der Waals surface area contributed by atoms with Gasteiger partial charge in [-0.1, -0.05) is 0 Å². The van der Waals surface area contributed by atoms with E-state index in [9.17, 15) is 27.3 Å². The summed E-state index contributed by atoms with van der Waals surface area (Å²) < 4.78 is 47.1. The maximum Gasteiger partial charge on any atom is 0.316 e. The van der Waals surface area contributed by atoms with Crippen LogP contribution in [0.15, 0.2) is 11.1 Å². The molecule has 0 aliphatic carbocycles. The van der Waals surface area contributed by atoms with E-state index in [1.807, 2.05) is 0 Å². The highest BCUT2D eigenvalue weighted by Crippen LogP contribution is 2.33. The minimum atomic E-state index is -4.55. The molecule has 0 saturated heterocycles. The average Bonchev–Trinajstić information content (AvgIpc) is 2.14. The van der Waals surface area contributed by atoms with Gasteiger partial charge in [0, 0.05) is 0 Å². The van der Waals surface area contributed by atoms with Crippen molar-refractivity contribution < 1.29 is 22.1 Å². The first kappa shape index (κ1) is 14.1. The van der Waals surface area contributed by atoms with Gasteiger partial charge in [0.2, 0.25) is 5.03 Å². The fourth-order valence-electron chi connectivity index (χ4n) is 1.05. The monoisotopic (exact) mass is 379 g/mol. The van der Waals surface area contributed by atoms with Crippen LogP contribution in [0.3, 0.4) is 0 Å². The third-order valence-electron chi connectivity index (χ3n) is 1.65. The third-order valence-corrected chi connectivity index (χ3v) is 3.02. The predicted octanol–water partition coefficient (Wildman–Crippen LogP) is 1.18. The maximum atomic E-state index is 12.6. The van der Waals surface area contributed by atoms with Gasteiger partial charge in [-0.3, -0.25) is 10.1 Å². The van der Waals surface area contributed by atoms with Gasteiger partial charge in [-0.05, 0) is 28.7 Å². The van der Waals surface area contributed by atoms with Crippen molar-refractivity contribution in [3.05, 3.63) is 25.4 Å².